The number of nitrogens with zero attached hydrogens (tertiary/aromatic N) is 4. The first-order chi connectivity index (χ1) is 12.3. The third kappa shape index (κ3) is 6.24. The fourth-order valence-corrected chi connectivity index (χ4v) is 2.86. The van der Waals surface area contributed by atoms with Gasteiger partial charge < -0.3 is 20.3 Å². The van der Waals surface area contributed by atoms with Gasteiger partial charge in [0, 0.05) is 39.9 Å². The number of aryl methyl sites for hydroxylation is 1. The van der Waals surface area contributed by atoms with Gasteiger partial charge in [0.1, 0.15) is 5.60 Å². The zero-order valence-corrected chi connectivity index (χ0v) is 16.6. The van der Waals surface area contributed by atoms with Crippen LogP contribution in [0.5, 0.6) is 0 Å². The van der Waals surface area contributed by atoms with Crippen molar-refractivity contribution >= 4 is 12.1 Å². The molecular formula is C18H32N6O2. The van der Waals surface area contributed by atoms with Gasteiger partial charge >= 0.3 is 6.09 Å². The van der Waals surface area contributed by atoms with E-state index in [4.69, 9.17) is 4.74 Å². The van der Waals surface area contributed by atoms with E-state index in [-0.39, 0.29) is 6.09 Å². The number of rotatable bonds is 4. The minimum absolute atomic E-state index is 0.211. The van der Waals surface area contributed by atoms with E-state index in [0.29, 0.717) is 12.5 Å². The van der Waals surface area contributed by atoms with Crippen LogP contribution in [0.15, 0.2) is 17.3 Å². The number of amides is 1. The third-order valence-electron chi connectivity index (χ3n) is 4.41. The van der Waals surface area contributed by atoms with Crippen LogP contribution in [0.1, 0.15) is 39.3 Å². The van der Waals surface area contributed by atoms with Crippen molar-refractivity contribution in [3.05, 3.63) is 18.0 Å². The zero-order chi connectivity index (χ0) is 19.2. The van der Waals surface area contributed by atoms with Gasteiger partial charge in [0.25, 0.3) is 0 Å². The maximum absolute atomic E-state index is 12.1. The van der Waals surface area contributed by atoms with E-state index in [1.54, 1.807) is 18.1 Å². The second kappa shape index (κ2) is 8.91. The van der Waals surface area contributed by atoms with Crippen LogP contribution in [0, 0.1) is 5.92 Å². The van der Waals surface area contributed by atoms with E-state index in [2.05, 4.69) is 20.7 Å². The SMILES string of the molecule is CN=C(NCc1ccnn1C)NCC1CCN(C(=O)OC(C)(C)C)CC1. The molecule has 8 nitrogen and oxygen atoms in total. The molecule has 1 aliphatic heterocycles. The number of aliphatic imine (C=N–C) groups is 1. The van der Waals surface area contributed by atoms with Gasteiger partial charge in [-0.25, -0.2) is 4.79 Å². The molecular weight excluding hydrogens is 332 g/mol. The summed E-state index contributed by atoms with van der Waals surface area (Å²) in [4.78, 5) is 18.2. The molecule has 2 heterocycles. The number of hydrogen-bond acceptors (Lipinski definition) is 4. The molecule has 0 aromatic carbocycles. The summed E-state index contributed by atoms with van der Waals surface area (Å²) in [5.74, 6) is 1.30. The number of hydrogen-bond donors (Lipinski definition) is 2. The molecule has 146 valence electrons. The molecule has 0 atom stereocenters. The molecule has 1 fully saturated rings. The maximum atomic E-state index is 12.1. The van der Waals surface area contributed by atoms with E-state index in [0.717, 1.165) is 44.1 Å². The summed E-state index contributed by atoms with van der Waals surface area (Å²) in [6.45, 7) is 8.67. The highest BCUT2D eigenvalue weighted by atomic mass is 16.6. The summed E-state index contributed by atoms with van der Waals surface area (Å²) in [6.07, 6.45) is 3.50. The Morgan fingerprint density at radius 1 is 1.35 bits per heavy atom. The lowest BCUT2D eigenvalue weighted by Gasteiger charge is -2.33. The van der Waals surface area contributed by atoms with Crippen LogP contribution >= 0.6 is 0 Å². The Morgan fingerprint density at radius 3 is 2.58 bits per heavy atom. The highest BCUT2D eigenvalue weighted by molar-refractivity contribution is 5.79. The molecule has 0 spiro atoms. The van der Waals surface area contributed by atoms with Gasteiger partial charge in [-0.3, -0.25) is 9.67 Å². The number of guanidine groups is 1. The predicted molar refractivity (Wildman–Crippen MR) is 102 cm³/mol. The molecule has 1 amide bonds. The van der Waals surface area contributed by atoms with E-state index in [1.165, 1.54) is 0 Å². The van der Waals surface area contributed by atoms with Gasteiger partial charge in [-0.15, -0.1) is 0 Å². The van der Waals surface area contributed by atoms with Crippen molar-refractivity contribution in [1.82, 2.24) is 25.3 Å². The number of carbonyl (C=O) groups excluding carboxylic acids is 1. The number of ether oxygens (including phenoxy) is 1. The second-order valence-electron chi connectivity index (χ2n) is 7.66. The molecule has 0 aliphatic carbocycles. The fourth-order valence-electron chi connectivity index (χ4n) is 2.86. The quantitative estimate of drug-likeness (QED) is 0.628. The minimum atomic E-state index is -0.443. The first kappa shape index (κ1) is 20.1. The summed E-state index contributed by atoms with van der Waals surface area (Å²) < 4.78 is 7.28. The minimum Gasteiger partial charge on any atom is -0.444 e. The zero-order valence-electron chi connectivity index (χ0n) is 16.6. The molecule has 1 aliphatic rings. The summed E-state index contributed by atoms with van der Waals surface area (Å²) in [6, 6.07) is 1.98. The van der Waals surface area contributed by atoms with Gasteiger partial charge in [0.05, 0.1) is 12.2 Å². The van der Waals surface area contributed by atoms with Crippen LogP contribution in [0.3, 0.4) is 0 Å². The Kier molecular flexibility index (Phi) is 6.88. The lowest BCUT2D eigenvalue weighted by atomic mass is 9.97. The standard InChI is InChI=1S/C18H32N6O2/c1-18(2,3)26-17(25)24-10-7-14(8-11-24)12-20-16(19-4)21-13-15-6-9-22-23(15)5/h6,9,14H,7-8,10-13H2,1-5H3,(H2,19,20,21). The molecule has 2 N–H and O–H groups in total. The molecule has 8 heteroatoms. The molecule has 1 aromatic rings. The van der Waals surface area contributed by atoms with Gasteiger partial charge in [0.15, 0.2) is 5.96 Å². The first-order valence-corrected chi connectivity index (χ1v) is 9.18. The van der Waals surface area contributed by atoms with Crippen molar-refractivity contribution in [3.63, 3.8) is 0 Å². The van der Waals surface area contributed by atoms with Gasteiger partial charge in [-0.1, -0.05) is 0 Å². The largest absolute Gasteiger partial charge is 0.444 e. The van der Waals surface area contributed by atoms with Gasteiger partial charge in [-0.2, -0.15) is 5.10 Å². The van der Waals surface area contributed by atoms with Crippen LogP contribution in [-0.2, 0) is 18.3 Å². The Morgan fingerprint density at radius 2 is 2.04 bits per heavy atom. The average molecular weight is 364 g/mol. The first-order valence-electron chi connectivity index (χ1n) is 9.18. The molecule has 26 heavy (non-hydrogen) atoms. The summed E-state index contributed by atoms with van der Waals surface area (Å²) in [7, 11) is 3.69. The highest BCUT2D eigenvalue weighted by Crippen LogP contribution is 2.19. The normalized spacial score (nSPS) is 16.5. The molecule has 1 aromatic heterocycles. The molecule has 0 bridgehead atoms. The van der Waals surface area contributed by atoms with E-state index >= 15 is 0 Å². The van der Waals surface area contributed by atoms with Crippen molar-refractivity contribution in [3.8, 4) is 0 Å². The Hall–Kier alpha value is -2.25. The van der Waals surface area contributed by atoms with Crippen molar-refractivity contribution in [2.75, 3.05) is 26.7 Å². The summed E-state index contributed by atoms with van der Waals surface area (Å²) >= 11 is 0. The molecule has 2 rings (SSSR count). The van der Waals surface area contributed by atoms with Gasteiger partial charge in [0.2, 0.25) is 0 Å². The molecule has 1 saturated heterocycles. The van der Waals surface area contributed by atoms with Crippen LogP contribution in [0.25, 0.3) is 0 Å². The van der Waals surface area contributed by atoms with Crippen LogP contribution < -0.4 is 10.6 Å². The predicted octanol–water partition coefficient (Wildman–Crippen LogP) is 1.73. The van der Waals surface area contributed by atoms with Crippen molar-refractivity contribution < 1.29 is 9.53 Å². The third-order valence-corrected chi connectivity index (χ3v) is 4.41. The number of nitrogens with one attached hydrogen (secondary N) is 2. The average Bonchev–Trinajstić information content (AvgIpc) is 2.99. The van der Waals surface area contributed by atoms with Crippen molar-refractivity contribution in [2.45, 2.75) is 45.8 Å². The van der Waals surface area contributed by atoms with E-state index in [1.807, 2.05) is 38.6 Å². The Balaban J connectivity index is 1.70. The van der Waals surface area contributed by atoms with Gasteiger partial charge in [-0.05, 0) is 45.6 Å². The highest BCUT2D eigenvalue weighted by Gasteiger charge is 2.26. The second-order valence-corrected chi connectivity index (χ2v) is 7.66. The molecule has 0 saturated carbocycles. The number of piperidine rings is 1. The molecule has 0 unspecified atom stereocenters. The van der Waals surface area contributed by atoms with Crippen LogP contribution in [-0.4, -0.2) is 59.0 Å². The fraction of sp³-hybridized carbons (Fsp3) is 0.722. The van der Waals surface area contributed by atoms with E-state index < -0.39 is 5.60 Å². The summed E-state index contributed by atoms with van der Waals surface area (Å²) in [5, 5.41) is 10.8. The summed E-state index contributed by atoms with van der Waals surface area (Å²) in [5.41, 5.74) is 0.653. The van der Waals surface area contributed by atoms with Crippen LogP contribution in [0.2, 0.25) is 0 Å². The van der Waals surface area contributed by atoms with Crippen molar-refractivity contribution in [2.24, 2.45) is 18.0 Å². The number of carbonyl (C=O) groups is 1. The molecule has 0 radical (unpaired) electrons. The lowest BCUT2D eigenvalue weighted by Crippen LogP contribution is -2.45. The Labute approximate surface area is 156 Å². The Bertz CT molecular complexity index is 611. The monoisotopic (exact) mass is 364 g/mol. The van der Waals surface area contributed by atoms with E-state index in [9.17, 15) is 4.79 Å². The smallest absolute Gasteiger partial charge is 0.410 e. The lowest BCUT2D eigenvalue weighted by molar-refractivity contribution is 0.0185. The number of aromatic nitrogens is 2. The maximum Gasteiger partial charge on any atom is 0.410 e. The number of likely N-dealkylation sites (tertiary alicyclic amines) is 1. The van der Waals surface area contributed by atoms with Crippen molar-refractivity contribution in [1.29, 1.82) is 0 Å². The topological polar surface area (TPSA) is 83.8 Å². The van der Waals surface area contributed by atoms with Crippen LogP contribution in [0.4, 0.5) is 4.79 Å².